The zero-order valence-electron chi connectivity index (χ0n) is 5.24. The Balaban J connectivity index is 2.32. The van der Waals surface area contributed by atoms with Crippen LogP contribution in [0.25, 0.3) is 0 Å². The third-order valence-electron chi connectivity index (χ3n) is 1.49. The summed E-state index contributed by atoms with van der Waals surface area (Å²) in [6, 6.07) is 0. The van der Waals surface area contributed by atoms with E-state index in [1.165, 1.54) is 0 Å². The second kappa shape index (κ2) is 2.46. The van der Waals surface area contributed by atoms with Gasteiger partial charge in [0.25, 0.3) is 0 Å². The van der Waals surface area contributed by atoms with Crippen molar-refractivity contribution in [1.82, 2.24) is 0 Å². The molecule has 1 aliphatic carbocycles. The van der Waals surface area contributed by atoms with Gasteiger partial charge in [-0.25, -0.2) is 0 Å². The van der Waals surface area contributed by atoms with Crippen molar-refractivity contribution in [2.24, 2.45) is 5.92 Å². The molecule has 0 atom stereocenters. The van der Waals surface area contributed by atoms with Gasteiger partial charge in [-0.1, -0.05) is 0 Å². The van der Waals surface area contributed by atoms with Crippen molar-refractivity contribution >= 4 is 17.4 Å². The van der Waals surface area contributed by atoms with Crippen molar-refractivity contribution in [3.8, 4) is 0 Å². The van der Waals surface area contributed by atoms with Crippen LogP contribution in [0.15, 0.2) is 0 Å². The molecule has 0 N–H and O–H groups in total. The molecule has 1 rings (SSSR count). The molecule has 0 saturated heterocycles. The highest BCUT2D eigenvalue weighted by Gasteiger charge is 2.38. The van der Waals surface area contributed by atoms with E-state index in [2.05, 4.69) is 11.6 Å². The van der Waals surface area contributed by atoms with Gasteiger partial charge in [-0.2, -0.15) is 8.78 Å². The zero-order chi connectivity index (χ0) is 7.78. The van der Waals surface area contributed by atoms with Crippen molar-refractivity contribution in [3.05, 3.63) is 0 Å². The maximum atomic E-state index is 11.9. The Labute approximate surface area is 62.4 Å². The van der Waals surface area contributed by atoms with E-state index < -0.39 is 11.2 Å². The average Bonchev–Trinajstić information content (AvgIpc) is 2.47. The van der Waals surface area contributed by atoms with Crippen LogP contribution in [-0.4, -0.2) is 11.2 Å². The SMILES string of the molecule is O=C(CC1CC1)C(F)(F)Cl. The second-order valence-corrected chi connectivity index (χ2v) is 3.04. The van der Waals surface area contributed by atoms with Gasteiger partial charge in [-0.15, -0.1) is 0 Å². The van der Waals surface area contributed by atoms with E-state index in [-0.39, 0.29) is 12.3 Å². The first-order chi connectivity index (χ1) is 4.50. The summed E-state index contributed by atoms with van der Waals surface area (Å²) in [6.07, 6.45) is 1.72. The molecular formula is C6H7ClF2O. The highest BCUT2D eigenvalue weighted by molar-refractivity contribution is 6.32. The molecule has 0 aromatic carbocycles. The van der Waals surface area contributed by atoms with Crippen molar-refractivity contribution < 1.29 is 13.6 Å². The van der Waals surface area contributed by atoms with Crippen LogP contribution < -0.4 is 0 Å². The van der Waals surface area contributed by atoms with Crippen LogP contribution in [-0.2, 0) is 4.79 Å². The quantitative estimate of drug-likeness (QED) is 0.591. The number of Topliss-reactive ketones (excluding diaryl/α,β-unsaturated/α-hetero) is 1. The number of hydrogen-bond acceptors (Lipinski definition) is 1. The maximum absolute atomic E-state index is 11.9. The Hall–Kier alpha value is -0.180. The molecule has 1 nitrogen and oxygen atoms in total. The van der Waals surface area contributed by atoms with Crippen LogP contribution in [0.2, 0.25) is 0 Å². The van der Waals surface area contributed by atoms with E-state index >= 15 is 0 Å². The lowest BCUT2D eigenvalue weighted by molar-refractivity contribution is -0.133. The topological polar surface area (TPSA) is 17.1 Å². The Morgan fingerprint density at radius 2 is 2.10 bits per heavy atom. The highest BCUT2D eigenvalue weighted by atomic mass is 35.5. The van der Waals surface area contributed by atoms with Crippen LogP contribution in [0, 0.1) is 5.92 Å². The molecular weight excluding hydrogens is 162 g/mol. The van der Waals surface area contributed by atoms with Crippen molar-refractivity contribution in [2.75, 3.05) is 0 Å². The first-order valence-electron chi connectivity index (χ1n) is 3.10. The first kappa shape index (κ1) is 7.92. The van der Waals surface area contributed by atoms with Gasteiger partial charge in [0.2, 0.25) is 5.78 Å². The largest absolute Gasteiger partial charge is 0.380 e. The molecule has 0 bridgehead atoms. The molecule has 0 aromatic rings. The predicted molar refractivity (Wildman–Crippen MR) is 33.1 cm³/mol. The number of hydrogen-bond donors (Lipinski definition) is 0. The fourth-order valence-electron chi connectivity index (χ4n) is 0.700. The van der Waals surface area contributed by atoms with Gasteiger partial charge in [-0.3, -0.25) is 4.79 Å². The van der Waals surface area contributed by atoms with Crippen LogP contribution in [0.5, 0.6) is 0 Å². The molecule has 58 valence electrons. The fourth-order valence-corrected chi connectivity index (χ4v) is 0.777. The normalized spacial score (nSPS) is 19.1. The smallest absolute Gasteiger partial charge is 0.291 e. The monoisotopic (exact) mass is 168 g/mol. The zero-order valence-corrected chi connectivity index (χ0v) is 6.00. The number of alkyl halides is 3. The first-order valence-corrected chi connectivity index (χ1v) is 3.48. The molecule has 0 aromatic heterocycles. The van der Waals surface area contributed by atoms with Crippen LogP contribution in [0.4, 0.5) is 8.78 Å². The molecule has 10 heavy (non-hydrogen) atoms. The minimum Gasteiger partial charge on any atom is -0.291 e. The standard InChI is InChI=1S/C6H7ClF2O/c7-6(8,9)5(10)3-4-1-2-4/h4H,1-3H2. The van der Waals surface area contributed by atoms with Gasteiger partial charge in [-0.05, 0) is 30.4 Å². The summed E-state index contributed by atoms with van der Waals surface area (Å²) < 4.78 is 23.8. The Bertz CT molecular complexity index is 148. The molecule has 0 aliphatic heterocycles. The fraction of sp³-hybridized carbons (Fsp3) is 0.833. The lowest BCUT2D eigenvalue weighted by atomic mass is 10.2. The predicted octanol–water partition coefficient (Wildman–Crippen LogP) is 2.19. The molecule has 1 saturated carbocycles. The highest BCUT2D eigenvalue weighted by Crippen LogP contribution is 2.35. The molecule has 0 spiro atoms. The van der Waals surface area contributed by atoms with E-state index in [0.717, 1.165) is 12.8 Å². The van der Waals surface area contributed by atoms with Gasteiger partial charge < -0.3 is 0 Å². The summed E-state index contributed by atoms with van der Waals surface area (Å²) >= 11 is 4.47. The maximum Gasteiger partial charge on any atom is 0.380 e. The summed E-state index contributed by atoms with van der Waals surface area (Å²) in [7, 11) is 0. The molecule has 0 heterocycles. The van der Waals surface area contributed by atoms with Gasteiger partial charge in [0, 0.05) is 6.42 Å². The lowest BCUT2D eigenvalue weighted by Crippen LogP contribution is -2.21. The number of ketones is 1. The summed E-state index contributed by atoms with van der Waals surface area (Å²) in [5.74, 6) is -0.964. The molecule has 0 radical (unpaired) electrons. The van der Waals surface area contributed by atoms with Crippen LogP contribution >= 0.6 is 11.6 Å². The number of halogens is 3. The molecule has 0 unspecified atom stereocenters. The third kappa shape index (κ3) is 2.21. The minimum atomic E-state index is -3.64. The summed E-state index contributed by atoms with van der Waals surface area (Å²) in [4.78, 5) is 10.4. The van der Waals surface area contributed by atoms with E-state index in [4.69, 9.17) is 0 Å². The van der Waals surface area contributed by atoms with E-state index in [0.29, 0.717) is 0 Å². The Kier molecular flexibility index (Phi) is 1.95. The van der Waals surface area contributed by atoms with Crippen LogP contribution in [0.1, 0.15) is 19.3 Å². The average molecular weight is 169 g/mol. The molecule has 0 amide bonds. The Morgan fingerprint density at radius 3 is 2.40 bits per heavy atom. The molecule has 1 fully saturated rings. The van der Waals surface area contributed by atoms with Crippen molar-refractivity contribution in [2.45, 2.75) is 24.6 Å². The second-order valence-electron chi connectivity index (χ2n) is 2.57. The van der Waals surface area contributed by atoms with E-state index in [9.17, 15) is 13.6 Å². The van der Waals surface area contributed by atoms with Gasteiger partial charge >= 0.3 is 5.38 Å². The summed E-state index contributed by atoms with van der Waals surface area (Å²) in [5, 5.41) is -3.64. The summed E-state index contributed by atoms with van der Waals surface area (Å²) in [5.41, 5.74) is 0. The van der Waals surface area contributed by atoms with E-state index in [1.54, 1.807) is 0 Å². The molecule has 4 heteroatoms. The molecule has 1 aliphatic rings. The van der Waals surface area contributed by atoms with Crippen LogP contribution in [0.3, 0.4) is 0 Å². The minimum absolute atomic E-state index is 0.0590. The summed E-state index contributed by atoms with van der Waals surface area (Å²) in [6.45, 7) is 0. The number of carbonyl (C=O) groups is 1. The van der Waals surface area contributed by atoms with Gasteiger partial charge in [0.1, 0.15) is 0 Å². The lowest BCUT2D eigenvalue weighted by Gasteiger charge is -2.03. The van der Waals surface area contributed by atoms with Gasteiger partial charge in [0.05, 0.1) is 0 Å². The van der Waals surface area contributed by atoms with Crippen molar-refractivity contribution in [1.29, 1.82) is 0 Å². The number of rotatable bonds is 3. The number of carbonyl (C=O) groups excluding carboxylic acids is 1. The Morgan fingerprint density at radius 1 is 1.60 bits per heavy atom. The van der Waals surface area contributed by atoms with Gasteiger partial charge in [0.15, 0.2) is 0 Å². The van der Waals surface area contributed by atoms with E-state index in [1.807, 2.05) is 0 Å². The third-order valence-corrected chi connectivity index (χ3v) is 1.70. The van der Waals surface area contributed by atoms with Crippen molar-refractivity contribution in [3.63, 3.8) is 0 Å².